The lowest BCUT2D eigenvalue weighted by molar-refractivity contribution is -0.116. The minimum Gasteiger partial charge on any atom is -0.449 e. The average Bonchev–Trinajstić information content (AvgIpc) is 3.20. The second-order valence-electron chi connectivity index (χ2n) is 7.58. The number of rotatable bonds is 5. The van der Waals surface area contributed by atoms with Gasteiger partial charge in [0.1, 0.15) is 17.6 Å². The fourth-order valence-corrected chi connectivity index (χ4v) is 4.05. The highest BCUT2D eigenvalue weighted by molar-refractivity contribution is 6.30. The molecule has 0 aliphatic rings. The van der Waals surface area contributed by atoms with Gasteiger partial charge in [0.15, 0.2) is 0 Å². The third-order valence-electron chi connectivity index (χ3n) is 5.33. The summed E-state index contributed by atoms with van der Waals surface area (Å²) in [5, 5.41) is 3.81. The Labute approximate surface area is 192 Å². The minimum absolute atomic E-state index is 0.0299. The molecule has 2 heterocycles. The smallest absolute Gasteiger partial charge is 0.332 e. The molecule has 0 aliphatic heterocycles. The van der Waals surface area contributed by atoms with Gasteiger partial charge in [0, 0.05) is 16.1 Å². The van der Waals surface area contributed by atoms with Gasteiger partial charge in [-0.05, 0) is 35.9 Å². The van der Waals surface area contributed by atoms with Gasteiger partial charge in [-0.25, -0.2) is 4.79 Å². The van der Waals surface area contributed by atoms with E-state index in [0.717, 1.165) is 10.1 Å². The van der Waals surface area contributed by atoms with Crippen LogP contribution in [0.15, 0.2) is 92.9 Å². The van der Waals surface area contributed by atoms with Crippen LogP contribution in [0, 0.1) is 0 Å². The Balaban J connectivity index is 1.66. The Hall–Kier alpha value is -4.10. The van der Waals surface area contributed by atoms with Crippen molar-refractivity contribution in [1.82, 2.24) is 9.13 Å². The molecule has 0 fully saturated rings. The number of aromatic nitrogens is 2. The maximum absolute atomic E-state index is 13.5. The number of carbonyl (C=O) groups excluding carboxylic acids is 1. The van der Waals surface area contributed by atoms with Gasteiger partial charge >= 0.3 is 5.69 Å². The molecule has 0 radical (unpaired) electrons. The van der Waals surface area contributed by atoms with Gasteiger partial charge in [-0.2, -0.15) is 0 Å². The number of carbonyl (C=O) groups is 1. The fourth-order valence-electron chi connectivity index (χ4n) is 3.86. The Morgan fingerprint density at radius 2 is 1.67 bits per heavy atom. The summed E-state index contributed by atoms with van der Waals surface area (Å²) in [6, 6.07) is 22.9. The molecule has 0 unspecified atom stereocenters. The number of para-hydroxylation sites is 1. The van der Waals surface area contributed by atoms with Crippen molar-refractivity contribution >= 4 is 45.3 Å². The fraction of sp³-hybridized carbons (Fsp3) is 0.0800. The molecule has 1 N–H and O–H groups in total. The van der Waals surface area contributed by atoms with Crippen LogP contribution in [0.2, 0.25) is 5.02 Å². The number of anilines is 1. The van der Waals surface area contributed by atoms with Crippen molar-refractivity contribution in [3.63, 3.8) is 0 Å². The summed E-state index contributed by atoms with van der Waals surface area (Å²) in [6.45, 7) is -0.248. The van der Waals surface area contributed by atoms with E-state index < -0.39 is 17.2 Å². The summed E-state index contributed by atoms with van der Waals surface area (Å²) in [5.41, 5.74) is 0.943. The molecule has 5 rings (SSSR count). The standard InChI is InChI=1S/C25H18ClN3O4/c26-17-9-6-10-18(13-17)27-21(30)15-28-22-19-11-4-5-12-20(19)33-23(22)24(31)29(25(28)32)14-16-7-2-1-3-8-16/h1-13H,14-15H2,(H,27,30). The molecule has 0 saturated carbocycles. The first-order valence-corrected chi connectivity index (χ1v) is 10.6. The summed E-state index contributed by atoms with van der Waals surface area (Å²) in [6.07, 6.45) is 0. The molecule has 7 nitrogen and oxygen atoms in total. The van der Waals surface area contributed by atoms with E-state index in [1.807, 2.05) is 30.3 Å². The normalized spacial score (nSPS) is 11.2. The lowest BCUT2D eigenvalue weighted by Gasteiger charge is -2.12. The molecular weight excluding hydrogens is 442 g/mol. The van der Waals surface area contributed by atoms with Crippen molar-refractivity contribution in [3.05, 3.63) is 110 Å². The summed E-state index contributed by atoms with van der Waals surface area (Å²) in [4.78, 5) is 39.6. The van der Waals surface area contributed by atoms with E-state index in [1.165, 1.54) is 4.57 Å². The first-order valence-electron chi connectivity index (χ1n) is 10.3. The molecule has 0 aliphatic carbocycles. The van der Waals surface area contributed by atoms with E-state index in [4.69, 9.17) is 16.0 Å². The third-order valence-corrected chi connectivity index (χ3v) is 5.57. The maximum atomic E-state index is 13.5. The zero-order chi connectivity index (χ0) is 22.9. The number of halogens is 1. The van der Waals surface area contributed by atoms with Gasteiger partial charge < -0.3 is 9.73 Å². The lowest BCUT2D eigenvalue weighted by Crippen LogP contribution is -2.41. The van der Waals surface area contributed by atoms with Crippen molar-refractivity contribution in [2.45, 2.75) is 13.1 Å². The van der Waals surface area contributed by atoms with Crippen LogP contribution < -0.4 is 16.6 Å². The van der Waals surface area contributed by atoms with Crippen LogP contribution in [0.5, 0.6) is 0 Å². The second-order valence-corrected chi connectivity index (χ2v) is 8.02. The maximum Gasteiger partial charge on any atom is 0.332 e. The van der Waals surface area contributed by atoms with E-state index in [-0.39, 0.29) is 18.7 Å². The number of benzene rings is 3. The number of fused-ring (bicyclic) bond motifs is 3. The molecule has 1 amide bonds. The predicted octanol–water partition coefficient (Wildman–Crippen LogP) is 4.25. The van der Waals surface area contributed by atoms with Crippen LogP contribution in [0.4, 0.5) is 5.69 Å². The molecule has 5 aromatic rings. The highest BCUT2D eigenvalue weighted by atomic mass is 35.5. The van der Waals surface area contributed by atoms with Crippen molar-refractivity contribution in [2.24, 2.45) is 0 Å². The first-order chi connectivity index (χ1) is 16.0. The third kappa shape index (κ3) is 3.94. The van der Waals surface area contributed by atoms with E-state index in [1.54, 1.807) is 48.5 Å². The number of hydrogen-bond donors (Lipinski definition) is 1. The highest BCUT2D eigenvalue weighted by Gasteiger charge is 2.21. The SMILES string of the molecule is O=C(Cn1c(=O)n(Cc2ccccc2)c(=O)c2oc3ccccc3c21)Nc1cccc(Cl)c1. The number of nitrogens with one attached hydrogen (secondary N) is 1. The summed E-state index contributed by atoms with van der Waals surface area (Å²) < 4.78 is 8.20. The molecule has 0 spiro atoms. The minimum atomic E-state index is -0.593. The zero-order valence-corrected chi connectivity index (χ0v) is 18.1. The molecule has 3 aromatic carbocycles. The van der Waals surface area contributed by atoms with E-state index in [9.17, 15) is 14.4 Å². The van der Waals surface area contributed by atoms with Gasteiger partial charge in [-0.15, -0.1) is 0 Å². The van der Waals surface area contributed by atoms with Gasteiger partial charge in [-0.1, -0.05) is 60.1 Å². The highest BCUT2D eigenvalue weighted by Crippen LogP contribution is 2.25. The zero-order valence-electron chi connectivity index (χ0n) is 17.3. The van der Waals surface area contributed by atoms with Gasteiger partial charge in [0.25, 0.3) is 5.56 Å². The van der Waals surface area contributed by atoms with Crippen molar-refractivity contribution in [3.8, 4) is 0 Å². The predicted molar refractivity (Wildman–Crippen MR) is 128 cm³/mol. The molecule has 164 valence electrons. The molecule has 0 atom stereocenters. The number of hydrogen-bond acceptors (Lipinski definition) is 4. The number of furan rings is 1. The number of amides is 1. The van der Waals surface area contributed by atoms with Gasteiger partial charge in [0.05, 0.1) is 6.54 Å². The lowest BCUT2D eigenvalue weighted by atomic mass is 10.2. The number of nitrogens with zero attached hydrogens (tertiary/aromatic N) is 2. The van der Waals surface area contributed by atoms with E-state index in [2.05, 4.69) is 5.32 Å². The van der Waals surface area contributed by atoms with Crippen LogP contribution in [-0.4, -0.2) is 15.0 Å². The second kappa shape index (κ2) is 8.44. The summed E-state index contributed by atoms with van der Waals surface area (Å²) in [7, 11) is 0. The summed E-state index contributed by atoms with van der Waals surface area (Å²) in [5.74, 6) is -0.434. The molecule has 8 heteroatoms. The molecule has 33 heavy (non-hydrogen) atoms. The average molecular weight is 460 g/mol. The molecular formula is C25H18ClN3O4. The van der Waals surface area contributed by atoms with Gasteiger partial charge in [0.2, 0.25) is 11.5 Å². The van der Waals surface area contributed by atoms with E-state index >= 15 is 0 Å². The molecule has 2 aromatic heterocycles. The Kier molecular flexibility index (Phi) is 5.32. The van der Waals surface area contributed by atoms with Crippen molar-refractivity contribution < 1.29 is 9.21 Å². The van der Waals surface area contributed by atoms with Crippen LogP contribution in [-0.2, 0) is 17.9 Å². The molecule has 0 saturated heterocycles. The monoisotopic (exact) mass is 459 g/mol. The van der Waals surface area contributed by atoms with Crippen LogP contribution in [0.25, 0.3) is 22.1 Å². The molecule has 0 bridgehead atoms. The van der Waals surface area contributed by atoms with Crippen molar-refractivity contribution in [2.75, 3.05) is 5.32 Å². The Bertz CT molecular complexity index is 1620. The van der Waals surface area contributed by atoms with Crippen LogP contribution in [0.1, 0.15) is 5.56 Å². The van der Waals surface area contributed by atoms with Crippen LogP contribution in [0.3, 0.4) is 0 Å². The van der Waals surface area contributed by atoms with E-state index in [0.29, 0.717) is 27.2 Å². The van der Waals surface area contributed by atoms with Gasteiger partial charge in [-0.3, -0.25) is 18.7 Å². The largest absolute Gasteiger partial charge is 0.449 e. The van der Waals surface area contributed by atoms with Crippen LogP contribution >= 0.6 is 11.6 Å². The summed E-state index contributed by atoms with van der Waals surface area (Å²) >= 11 is 6.00. The quantitative estimate of drug-likeness (QED) is 0.425. The Morgan fingerprint density at radius 1 is 0.909 bits per heavy atom. The first kappa shape index (κ1) is 20.8. The topological polar surface area (TPSA) is 86.2 Å². The Morgan fingerprint density at radius 3 is 2.45 bits per heavy atom. The van der Waals surface area contributed by atoms with Crippen molar-refractivity contribution in [1.29, 1.82) is 0 Å².